The fraction of sp³-hybridized carbons (Fsp3) is 0.333. The first-order chi connectivity index (χ1) is 13.9. The Labute approximate surface area is 180 Å². The normalized spacial score (nSPS) is 13.9. The molecule has 1 N–H and O–H groups in total. The largest absolute Gasteiger partial charge is 0.496 e. The topological polar surface area (TPSA) is 61.9 Å². The quantitative estimate of drug-likeness (QED) is 0.759. The second-order valence-corrected chi connectivity index (χ2v) is 7.55. The van der Waals surface area contributed by atoms with Crippen molar-refractivity contribution in [1.29, 1.82) is 0 Å². The van der Waals surface area contributed by atoms with E-state index in [1.165, 1.54) is 7.11 Å². The van der Waals surface area contributed by atoms with E-state index in [9.17, 15) is 9.59 Å². The highest BCUT2D eigenvalue weighted by atomic mass is 35.5. The van der Waals surface area contributed by atoms with Crippen LogP contribution < -0.4 is 15.0 Å². The number of nitrogens with zero attached hydrogens (tertiary/aromatic N) is 2. The lowest BCUT2D eigenvalue weighted by atomic mass is 10.1. The zero-order chi connectivity index (χ0) is 21.0. The van der Waals surface area contributed by atoms with Gasteiger partial charge in [-0.1, -0.05) is 30.1 Å². The van der Waals surface area contributed by atoms with E-state index in [0.717, 1.165) is 5.69 Å². The molecule has 0 bridgehead atoms. The van der Waals surface area contributed by atoms with Crippen LogP contribution in [0.2, 0.25) is 10.0 Å². The van der Waals surface area contributed by atoms with Gasteiger partial charge in [-0.05, 0) is 36.4 Å². The average Bonchev–Trinajstić information content (AvgIpc) is 2.73. The van der Waals surface area contributed by atoms with Crippen LogP contribution >= 0.6 is 23.2 Å². The molecular formula is C21H23Cl2N3O3. The van der Waals surface area contributed by atoms with E-state index in [1.54, 1.807) is 30.3 Å². The molecule has 0 aliphatic carbocycles. The van der Waals surface area contributed by atoms with Gasteiger partial charge in [-0.25, -0.2) is 0 Å². The molecule has 154 valence electrons. The Kier molecular flexibility index (Phi) is 6.87. The summed E-state index contributed by atoms with van der Waals surface area (Å²) in [5, 5.41) is 3.89. The van der Waals surface area contributed by atoms with Crippen LogP contribution in [-0.2, 0) is 4.79 Å². The Hall–Kier alpha value is -2.44. The Balaban J connectivity index is 1.82. The summed E-state index contributed by atoms with van der Waals surface area (Å²) in [6.07, 6.45) is 0.504. The molecule has 6 nitrogen and oxygen atoms in total. The number of methoxy groups -OCH3 is 1. The number of anilines is 2. The number of hydrogen-bond acceptors (Lipinski definition) is 4. The molecule has 1 heterocycles. The van der Waals surface area contributed by atoms with Gasteiger partial charge in [0.25, 0.3) is 5.91 Å². The van der Waals surface area contributed by atoms with E-state index in [2.05, 4.69) is 10.2 Å². The highest BCUT2D eigenvalue weighted by Crippen LogP contribution is 2.32. The molecular weight excluding hydrogens is 413 g/mol. The van der Waals surface area contributed by atoms with E-state index in [0.29, 0.717) is 59.6 Å². The third kappa shape index (κ3) is 4.95. The first-order valence-electron chi connectivity index (χ1n) is 9.40. The monoisotopic (exact) mass is 435 g/mol. The molecule has 0 radical (unpaired) electrons. The van der Waals surface area contributed by atoms with Crippen molar-refractivity contribution >= 4 is 46.4 Å². The Bertz CT molecular complexity index is 912. The van der Waals surface area contributed by atoms with E-state index >= 15 is 0 Å². The lowest BCUT2D eigenvalue weighted by molar-refractivity contribution is -0.131. The molecule has 8 heteroatoms. The third-order valence-corrected chi connectivity index (χ3v) is 5.36. The van der Waals surface area contributed by atoms with Gasteiger partial charge in [0.1, 0.15) is 5.75 Å². The van der Waals surface area contributed by atoms with E-state index in [-0.39, 0.29) is 11.8 Å². The number of amides is 2. The molecule has 0 unspecified atom stereocenters. The molecule has 29 heavy (non-hydrogen) atoms. The van der Waals surface area contributed by atoms with Crippen molar-refractivity contribution in [2.45, 2.75) is 13.3 Å². The molecule has 2 amide bonds. The number of halogens is 2. The summed E-state index contributed by atoms with van der Waals surface area (Å²) in [6, 6.07) is 10.3. The molecule has 0 atom stereocenters. The highest BCUT2D eigenvalue weighted by Gasteiger charge is 2.23. The summed E-state index contributed by atoms with van der Waals surface area (Å²) < 4.78 is 5.28. The van der Waals surface area contributed by atoms with Gasteiger partial charge >= 0.3 is 0 Å². The van der Waals surface area contributed by atoms with Crippen LogP contribution in [0.1, 0.15) is 23.7 Å². The maximum atomic E-state index is 12.9. The highest BCUT2D eigenvalue weighted by molar-refractivity contribution is 6.31. The minimum absolute atomic E-state index is 0.155. The van der Waals surface area contributed by atoms with E-state index in [1.807, 2.05) is 17.9 Å². The predicted molar refractivity (Wildman–Crippen MR) is 116 cm³/mol. The Morgan fingerprint density at radius 3 is 2.34 bits per heavy atom. The van der Waals surface area contributed by atoms with Crippen LogP contribution in [0.15, 0.2) is 36.4 Å². The number of piperazine rings is 1. The summed E-state index contributed by atoms with van der Waals surface area (Å²) in [5.41, 5.74) is 1.79. The van der Waals surface area contributed by atoms with Crippen molar-refractivity contribution in [1.82, 2.24) is 4.90 Å². The van der Waals surface area contributed by atoms with Crippen molar-refractivity contribution in [3.05, 3.63) is 52.0 Å². The average molecular weight is 436 g/mol. The van der Waals surface area contributed by atoms with Crippen LogP contribution in [0.3, 0.4) is 0 Å². The van der Waals surface area contributed by atoms with Gasteiger partial charge in [0.05, 0.1) is 24.0 Å². The lowest BCUT2D eigenvalue weighted by Gasteiger charge is -2.37. The molecule has 1 fully saturated rings. The van der Waals surface area contributed by atoms with Crippen LogP contribution in [0.4, 0.5) is 11.4 Å². The van der Waals surface area contributed by atoms with Crippen molar-refractivity contribution in [3.63, 3.8) is 0 Å². The van der Waals surface area contributed by atoms with Crippen molar-refractivity contribution in [2.75, 3.05) is 43.5 Å². The van der Waals surface area contributed by atoms with E-state index < -0.39 is 0 Å². The number of rotatable bonds is 5. The first kappa shape index (κ1) is 21.3. The number of nitrogens with one attached hydrogen (secondary N) is 1. The molecule has 0 aromatic heterocycles. The zero-order valence-corrected chi connectivity index (χ0v) is 17.9. The first-order valence-corrected chi connectivity index (χ1v) is 10.2. The third-order valence-electron chi connectivity index (χ3n) is 4.89. The van der Waals surface area contributed by atoms with Gasteiger partial charge in [0.15, 0.2) is 0 Å². The molecule has 1 aliphatic heterocycles. The molecule has 0 spiro atoms. The van der Waals surface area contributed by atoms with Gasteiger partial charge < -0.3 is 19.9 Å². The smallest absolute Gasteiger partial charge is 0.259 e. The predicted octanol–water partition coefficient (Wildman–Crippen LogP) is 4.31. The summed E-state index contributed by atoms with van der Waals surface area (Å²) >= 11 is 12.2. The molecule has 2 aromatic carbocycles. The van der Waals surface area contributed by atoms with Gasteiger partial charge in [0, 0.05) is 42.6 Å². The lowest BCUT2D eigenvalue weighted by Crippen LogP contribution is -2.48. The summed E-state index contributed by atoms with van der Waals surface area (Å²) in [5.74, 6) is 0.247. The summed E-state index contributed by atoms with van der Waals surface area (Å²) in [4.78, 5) is 28.8. The Morgan fingerprint density at radius 2 is 1.69 bits per heavy atom. The van der Waals surface area contributed by atoms with Gasteiger partial charge in [0.2, 0.25) is 5.91 Å². The minimum Gasteiger partial charge on any atom is -0.496 e. The second kappa shape index (κ2) is 9.37. The van der Waals surface area contributed by atoms with Crippen LogP contribution in [0, 0.1) is 0 Å². The van der Waals surface area contributed by atoms with Crippen LogP contribution in [-0.4, -0.2) is 50.0 Å². The number of carbonyl (C=O) groups is 2. The number of hydrogen-bond donors (Lipinski definition) is 1. The number of benzene rings is 2. The van der Waals surface area contributed by atoms with Gasteiger partial charge in [-0.2, -0.15) is 0 Å². The SMILES string of the molecule is CCC(=O)N1CCN(c2ccc(Cl)cc2NC(=O)c2cc(Cl)ccc2OC)CC1. The van der Waals surface area contributed by atoms with Gasteiger partial charge in [-0.15, -0.1) is 0 Å². The maximum absolute atomic E-state index is 12.9. The van der Waals surface area contributed by atoms with Crippen LogP contribution in [0.25, 0.3) is 0 Å². The zero-order valence-electron chi connectivity index (χ0n) is 16.4. The summed E-state index contributed by atoms with van der Waals surface area (Å²) in [6.45, 7) is 4.51. The number of carbonyl (C=O) groups excluding carboxylic acids is 2. The molecule has 0 saturated carbocycles. The summed E-state index contributed by atoms with van der Waals surface area (Å²) in [7, 11) is 1.50. The standard InChI is InChI=1S/C21H23Cl2N3O3/c1-3-20(27)26-10-8-25(9-11-26)18-6-4-15(23)13-17(18)24-21(28)16-12-14(22)5-7-19(16)29-2/h4-7,12-13H,3,8-11H2,1-2H3,(H,24,28). The van der Waals surface area contributed by atoms with Crippen LogP contribution in [0.5, 0.6) is 5.75 Å². The minimum atomic E-state index is -0.340. The molecule has 1 aliphatic rings. The number of ether oxygens (including phenoxy) is 1. The Morgan fingerprint density at radius 1 is 1.03 bits per heavy atom. The molecule has 1 saturated heterocycles. The molecule has 2 aromatic rings. The van der Waals surface area contributed by atoms with E-state index in [4.69, 9.17) is 27.9 Å². The van der Waals surface area contributed by atoms with Gasteiger partial charge in [-0.3, -0.25) is 9.59 Å². The van der Waals surface area contributed by atoms with Crippen molar-refractivity contribution in [2.24, 2.45) is 0 Å². The fourth-order valence-electron chi connectivity index (χ4n) is 3.35. The van der Waals surface area contributed by atoms with Crippen molar-refractivity contribution in [3.8, 4) is 5.75 Å². The van der Waals surface area contributed by atoms with Crippen molar-refractivity contribution < 1.29 is 14.3 Å². The maximum Gasteiger partial charge on any atom is 0.259 e. The fourth-order valence-corrected chi connectivity index (χ4v) is 3.70. The molecule has 3 rings (SSSR count). The second-order valence-electron chi connectivity index (χ2n) is 6.68.